The molecule has 19 heavy (non-hydrogen) atoms. The maximum atomic E-state index is 11.0. The Morgan fingerprint density at radius 3 is 2.74 bits per heavy atom. The zero-order valence-corrected chi connectivity index (χ0v) is 10.2. The first-order valence-electron chi connectivity index (χ1n) is 6.18. The van der Waals surface area contributed by atoms with E-state index in [1.165, 1.54) is 0 Å². The van der Waals surface area contributed by atoms with E-state index in [1.54, 1.807) is 30.6 Å². The molecular formula is C14H13N3O2. The third kappa shape index (κ3) is 2.14. The maximum Gasteiger partial charge on any atom is 0.277 e. The van der Waals surface area contributed by atoms with E-state index in [0.717, 1.165) is 23.9 Å². The molecule has 2 aromatic rings. The first kappa shape index (κ1) is 11.6. The highest BCUT2D eigenvalue weighted by Gasteiger charge is 2.16. The molecule has 1 aliphatic carbocycles. The van der Waals surface area contributed by atoms with Crippen LogP contribution in [0.25, 0.3) is 10.8 Å². The highest BCUT2D eigenvalue weighted by Crippen LogP contribution is 2.31. The molecule has 0 aliphatic heterocycles. The molecule has 1 aromatic carbocycles. The Bertz CT molecular complexity index is 659. The predicted octanol–water partition coefficient (Wildman–Crippen LogP) is 3.27. The second-order valence-electron chi connectivity index (χ2n) is 4.59. The van der Waals surface area contributed by atoms with Gasteiger partial charge in [-0.15, -0.1) is 0 Å². The third-order valence-electron chi connectivity index (χ3n) is 3.36. The summed E-state index contributed by atoms with van der Waals surface area (Å²) < 4.78 is 0. The molecule has 0 saturated heterocycles. The van der Waals surface area contributed by atoms with Crippen LogP contribution >= 0.6 is 0 Å². The van der Waals surface area contributed by atoms with Crippen LogP contribution in [0.15, 0.2) is 42.7 Å². The van der Waals surface area contributed by atoms with E-state index in [4.69, 9.17) is 0 Å². The Morgan fingerprint density at radius 2 is 2.00 bits per heavy atom. The SMILES string of the molecule is O=[N+]([O-])c1ccc(NC2CC=CC2)c2cnccc12. The summed E-state index contributed by atoms with van der Waals surface area (Å²) in [6, 6.07) is 5.36. The molecule has 0 spiro atoms. The number of nitro benzene ring substituents is 1. The molecule has 0 bridgehead atoms. The summed E-state index contributed by atoms with van der Waals surface area (Å²) in [6.45, 7) is 0. The lowest BCUT2D eigenvalue weighted by molar-refractivity contribution is -0.383. The Morgan fingerprint density at radius 1 is 1.21 bits per heavy atom. The number of hydrogen-bond acceptors (Lipinski definition) is 4. The van der Waals surface area contributed by atoms with E-state index in [2.05, 4.69) is 22.5 Å². The minimum Gasteiger partial charge on any atom is -0.381 e. The van der Waals surface area contributed by atoms with E-state index >= 15 is 0 Å². The molecule has 3 rings (SSSR count). The highest BCUT2D eigenvalue weighted by molar-refractivity contribution is 5.99. The van der Waals surface area contributed by atoms with E-state index in [9.17, 15) is 10.1 Å². The summed E-state index contributed by atoms with van der Waals surface area (Å²) in [6.07, 6.45) is 9.51. The summed E-state index contributed by atoms with van der Waals surface area (Å²) in [5.41, 5.74) is 1.02. The van der Waals surface area contributed by atoms with Gasteiger partial charge < -0.3 is 5.32 Å². The van der Waals surface area contributed by atoms with Gasteiger partial charge in [0, 0.05) is 35.6 Å². The van der Waals surface area contributed by atoms with E-state index in [-0.39, 0.29) is 10.6 Å². The van der Waals surface area contributed by atoms with Gasteiger partial charge in [-0.3, -0.25) is 15.1 Å². The number of rotatable bonds is 3. The Hall–Kier alpha value is -2.43. The number of nitrogens with one attached hydrogen (secondary N) is 1. The van der Waals surface area contributed by atoms with Crippen LogP contribution in [0.3, 0.4) is 0 Å². The molecule has 0 saturated carbocycles. The van der Waals surface area contributed by atoms with Gasteiger partial charge in [-0.05, 0) is 25.0 Å². The second kappa shape index (κ2) is 4.68. The highest BCUT2D eigenvalue weighted by atomic mass is 16.6. The summed E-state index contributed by atoms with van der Waals surface area (Å²) >= 11 is 0. The first-order valence-corrected chi connectivity index (χ1v) is 6.18. The zero-order valence-electron chi connectivity index (χ0n) is 10.2. The molecule has 0 unspecified atom stereocenters. The van der Waals surface area contributed by atoms with Crippen molar-refractivity contribution in [3.63, 3.8) is 0 Å². The number of pyridine rings is 1. The fraction of sp³-hybridized carbons (Fsp3) is 0.214. The fourth-order valence-corrected chi connectivity index (χ4v) is 2.41. The van der Waals surface area contributed by atoms with Crippen molar-refractivity contribution in [3.8, 4) is 0 Å². The molecule has 96 valence electrons. The third-order valence-corrected chi connectivity index (χ3v) is 3.36. The molecule has 0 atom stereocenters. The lowest BCUT2D eigenvalue weighted by Crippen LogP contribution is -2.15. The van der Waals surface area contributed by atoms with Crippen molar-refractivity contribution < 1.29 is 4.92 Å². The van der Waals surface area contributed by atoms with Gasteiger partial charge in [0.25, 0.3) is 5.69 Å². The lowest BCUT2D eigenvalue weighted by atomic mass is 10.1. The normalized spacial score (nSPS) is 14.9. The first-order chi connectivity index (χ1) is 9.25. The van der Waals surface area contributed by atoms with E-state index < -0.39 is 0 Å². The van der Waals surface area contributed by atoms with Crippen LogP contribution < -0.4 is 5.32 Å². The quantitative estimate of drug-likeness (QED) is 0.519. The van der Waals surface area contributed by atoms with Crippen LogP contribution in [0.1, 0.15) is 12.8 Å². The summed E-state index contributed by atoms with van der Waals surface area (Å²) in [4.78, 5) is 14.7. The van der Waals surface area contributed by atoms with Crippen molar-refractivity contribution in [1.29, 1.82) is 0 Å². The van der Waals surface area contributed by atoms with Crippen LogP contribution in [-0.4, -0.2) is 15.9 Å². The number of nitrogens with zero attached hydrogens (tertiary/aromatic N) is 2. The molecule has 1 aromatic heterocycles. The largest absolute Gasteiger partial charge is 0.381 e. The van der Waals surface area contributed by atoms with Crippen molar-refractivity contribution in [2.24, 2.45) is 0 Å². The van der Waals surface area contributed by atoms with Gasteiger partial charge in [-0.25, -0.2) is 0 Å². The molecule has 0 amide bonds. The summed E-state index contributed by atoms with van der Waals surface area (Å²) in [7, 11) is 0. The number of nitro groups is 1. The van der Waals surface area contributed by atoms with Gasteiger partial charge in [0.05, 0.1) is 10.3 Å². The molecular weight excluding hydrogens is 242 g/mol. The number of aromatic nitrogens is 1. The van der Waals surface area contributed by atoms with Gasteiger partial charge in [0.1, 0.15) is 0 Å². The van der Waals surface area contributed by atoms with Crippen LogP contribution in [0.4, 0.5) is 11.4 Å². The Balaban J connectivity index is 2.05. The molecule has 1 aliphatic rings. The molecule has 1 heterocycles. The number of hydrogen-bond donors (Lipinski definition) is 1. The predicted molar refractivity (Wildman–Crippen MR) is 74.2 cm³/mol. The Kier molecular flexibility index (Phi) is 2.87. The number of non-ortho nitro benzene ring substituents is 1. The van der Waals surface area contributed by atoms with Crippen LogP contribution in [0.2, 0.25) is 0 Å². The topological polar surface area (TPSA) is 68.1 Å². The standard InChI is InChI=1S/C14H13N3O2/c18-17(19)14-6-5-13(16-10-3-1-2-4-10)12-9-15-8-7-11(12)14/h1-2,5-10,16H,3-4H2. The number of benzene rings is 1. The van der Waals surface area contributed by atoms with Gasteiger partial charge in [-0.2, -0.15) is 0 Å². The average molecular weight is 255 g/mol. The molecule has 0 radical (unpaired) electrons. The van der Waals surface area contributed by atoms with E-state index in [0.29, 0.717) is 11.4 Å². The lowest BCUT2D eigenvalue weighted by Gasteiger charge is -2.15. The van der Waals surface area contributed by atoms with Gasteiger partial charge >= 0.3 is 0 Å². The van der Waals surface area contributed by atoms with Crippen molar-refractivity contribution in [2.75, 3.05) is 5.32 Å². The molecule has 5 heteroatoms. The van der Waals surface area contributed by atoms with Crippen molar-refractivity contribution in [3.05, 3.63) is 52.9 Å². The minimum absolute atomic E-state index is 0.118. The summed E-state index contributed by atoms with van der Waals surface area (Å²) in [5, 5.41) is 15.9. The van der Waals surface area contributed by atoms with Crippen LogP contribution in [0.5, 0.6) is 0 Å². The molecule has 0 fully saturated rings. The van der Waals surface area contributed by atoms with Gasteiger partial charge in [0.2, 0.25) is 0 Å². The van der Waals surface area contributed by atoms with E-state index in [1.807, 2.05) is 0 Å². The van der Waals surface area contributed by atoms with Crippen molar-refractivity contribution >= 4 is 22.1 Å². The van der Waals surface area contributed by atoms with Gasteiger partial charge in [-0.1, -0.05) is 12.2 Å². The fourth-order valence-electron chi connectivity index (χ4n) is 2.41. The van der Waals surface area contributed by atoms with Gasteiger partial charge in [0.15, 0.2) is 0 Å². The van der Waals surface area contributed by atoms with Crippen LogP contribution in [-0.2, 0) is 0 Å². The maximum absolute atomic E-state index is 11.0. The van der Waals surface area contributed by atoms with Crippen molar-refractivity contribution in [1.82, 2.24) is 4.98 Å². The zero-order chi connectivity index (χ0) is 13.2. The number of fused-ring (bicyclic) bond motifs is 1. The monoisotopic (exact) mass is 255 g/mol. The van der Waals surface area contributed by atoms with Crippen LogP contribution in [0, 0.1) is 10.1 Å². The average Bonchev–Trinajstić information content (AvgIpc) is 2.91. The minimum atomic E-state index is -0.358. The van der Waals surface area contributed by atoms with Crippen molar-refractivity contribution in [2.45, 2.75) is 18.9 Å². The number of anilines is 1. The Labute approximate surface area is 110 Å². The second-order valence-corrected chi connectivity index (χ2v) is 4.59. The summed E-state index contributed by atoms with van der Waals surface area (Å²) in [5.74, 6) is 0. The molecule has 5 nitrogen and oxygen atoms in total. The smallest absolute Gasteiger partial charge is 0.277 e. The molecule has 1 N–H and O–H groups in total.